The van der Waals surface area contributed by atoms with E-state index in [1.54, 1.807) is 36.5 Å². The number of hydrogen-bond donors (Lipinski definition) is 1. The van der Waals surface area contributed by atoms with Gasteiger partial charge in [0, 0.05) is 5.02 Å². The highest BCUT2D eigenvalue weighted by atomic mass is 35.5. The zero-order valence-corrected chi connectivity index (χ0v) is 16.8. The molecule has 0 saturated carbocycles. The minimum Gasteiger partial charge on any atom is -0.488 e. The van der Waals surface area contributed by atoms with Crippen molar-refractivity contribution in [3.63, 3.8) is 0 Å². The maximum atomic E-state index is 12.6. The number of hydrogen-bond acceptors (Lipinski definition) is 3. The van der Waals surface area contributed by atoms with Gasteiger partial charge < -0.3 is 4.74 Å². The average molecular weight is 415 g/mol. The van der Waals surface area contributed by atoms with Crippen LogP contribution < -0.4 is 10.2 Å². The summed E-state index contributed by atoms with van der Waals surface area (Å²) in [4.78, 5) is 12.6. The normalized spacial score (nSPS) is 11.0. The Morgan fingerprint density at radius 3 is 2.47 bits per heavy atom. The van der Waals surface area contributed by atoms with Crippen molar-refractivity contribution in [1.82, 2.24) is 5.43 Å². The van der Waals surface area contributed by atoms with Gasteiger partial charge in [0.05, 0.1) is 11.8 Å². The molecule has 0 spiro atoms. The summed E-state index contributed by atoms with van der Waals surface area (Å²) in [5, 5.41) is 7.05. The van der Waals surface area contributed by atoms with Crippen LogP contribution in [0.4, 0.5) is 0 Å². The summed E-state index contributed by atoms with van der Waals surface area (Å²) in [5.74, 6) is 0.157. The molecule has 148 valence electrons. The lowest BCUT2D eigenvalue weighted by Crippen LogP contribution is -2.18. The summed E-state index contributed by atoms with van der Waals surface area (Å²) in [6.07, 6.45) is 1.63. The summed E-state index contributed by atoms with van der Waals surface area (Å²) in [7, 11) is 0. The van der Waals surface area contributed by atoms with Gasteiger partial charge in [-0.2, -0.15) is 5.10 Å². The Balaban J connectivity index is 1.42. The highest BCUT2D eigenvalue weighted by Gasteiger charge is 2.11. The van der Waals surface area contributed by atoms with E-state index in [1.807, 2.05) is 54.6 Å². The Morgan fingerprint density at radius 1 is 0.900 bits per heavy atom. The molecule has 0 heterocycles. The van der Waals surface area contributed by atoms with Crippen molar-refractivity contribution in [2.45, 2.75) is 6.61 Å². The van der Waals surface area contributed by atoms with Crippen molar-refractivity contribution in [3.05, 3.63) is 113 Å². The number of fused-ring (bicyclic) bond motifs is 1. The van der Waals surface area contributed by atoms with Crippen molar-refractivity contribution in [1.29, 1.82) is 0 Å². The van der Waals surface area contributed by atoms with E-state index in [2.05, 4.69) is 16.6 Å². The number of halogens is 1. The van der Waals surface area contributed by atoms with Crippen LogP contribution in [0.5, 0.6) is 5.75 Å². The molecule has 0 atom stereocenters. The Bertz CT molecular complexity index is 1200. The smallest absolute Gasteiger partial charge is 0.275 e. The Labute approximate surface area is 179 Å². The quantitative estimate of drug-likeness (QED) is 0.318. The van der Waals surface area contributed by atoms with Crippen LogP contribution in [0.25, 0.3) is 10.8 Å². The standard InChI is InChI=1S/C25H19ClN2O2/c26-22-13-10-18(11-14-22)17-30-24-8-4-3-7-23(24)25(29)28-27-16-19-9-12-20-5-1-2-6-21(20)15-19/h1-16H,17H2,(H,28,29)/b27-16+. The first-order chi connectivity index (χ1) is 14.7. The number of ether oxygens (including phenoxy) is 1. The van der Waals surface area contributed by atoms with Gasteiger partial charge in [-0.15, -0.1) is 0 Å². The second-order valence-electron chi connectivity index (χ2n) is 6.72. The molecule has 0 unspecified atom stereocenters. The molecule has 0 fully saturated rings. The highest BCUT2D eigenvalue weighted by Crippen LogP contribution is 2.20. The number of carbonyl (C=O) groups is 1. The van der Waals surface area contributed by atoms with Gasteiger partial charge in [-0.1, -0.05) is 72.3 Å². The van der Waals surface area contributed by atoms with Crippen LogP contribution in [0.1, 0.15) is 21.5 Å². The number of para-hydroxylation sites is 1. The zero-order chi connectivity index (χ0) is 20.8. The Kier molecular flexibility index (Phi) is 6.06. The summed E-state index contributed by atoms with van der Waals surface area (Å²) >= 11 is 5.91. The van der Waals surface area contributed by atoms with Crippen LogP contribution >= 0.6 is 11.6 Å². The molecular weight excluding hydrogens is 396 g/mol. The van der Waals surface area contributed by atoms with E-state index in [9.17, 15) is 4.79 Å². The molecular formula is C25H19ClN2O2. The SMILES string of the molecule is O=C(N/N=C/c1ccc2ccccc2c1)c1ccccc1OCc1ccc(Cl)cc1. The predicted octanol–water partition coefficient (Wildman–Crippen LogP) is 5.84. The Morgan fingerprint density at radius 2 is 1.63 bits per heavy atom. The zero-order valence-electron chi connectivity index (χ0n) is 16.1. The van der Waals surface area contributed by atoms with Crippen molar-refractivity contribution >= 4 is 34.5 Å². The van der Waals surface area contributed by atoms with Crippen LogP contribution in [0.3, 0.4) is 0 Å². The van der Waals surface area contributed by atoms with Crippen LogP contribution in [-0.4, -0.2) is 12.1 Å². The fraction of sp³-hybridized carbons (Fsp3) is 0.0400. The molecule has 4 aromatic carbocycles. The van der Waals surface area contributed by atoms with Crippen molar-refractivity contribution < 1.29 is 9.53 Å². The fourth-order valence-electron chi connectivity index (χ4n) is 3.04. The van der Waals surface area contributed by atoms with Crippen molar-refractivity contribution in [3.8, 4) is 5.75 Å². The lowest BCUT2D eigenvalue weighted by atomic mass is 10.1. The van der Waals surface area contributed by atoms with Crippen LogP contribution in [-0.2, 0) is 6.61 Å². The molecule has 0 aliphatic heterocycles. The molecule has 4 rings (SSSR count). The summed E-state index contributed by atoms with van der Waals surface area (Å²) in [5.41, 5.74) is 4.86. The number of nitrogens with zero attached hydrogens (tertiary/aromatic N) is 1. The number of carbonyl (C=O) groups excluding carboxylic acids is 1. The first-order valence-corrected chi connectivity index (χ1v) is 9.85. The third kappa shape index (κ3) is 4.85. The monoisotopic (exact) mass is 414 g/mol. The minimum atomic E-state index is -0.334. The minimum absolute atomic E-state index is 0.334. The van der Waals surface area contributed by atoms with Gasteiger partial charge in [0.1, 0.15) is 12.4 Å². The van der Waals surface area contributed by atoms with Gasteiger partial charge >= 0.3 is 0 Å². The van der Waals surface area contributed by atoms with Crippen molar-refractivity contribution in [2.75, 3.05) is 0 Å². The molecule has 0 bridgehead atoms. The molecule has 4 aromatic rings. The molecule has 0 aliphatic carbocycles. The second kappa shape index (κ2) is 9.25. The molecule has 5 heteroatoms. The van der Waals surface area contributed by atoms with Crippen LogP contribution in [0.2, 0.25) is 5.02 Å². The number of nitrogens with one attached hydrogen (secondary N) is 1. The van der Waals surface area contributed by atoms with E-state index >= 15 is 0 Å². The first-order valence-electron chi connectivity index (χ1n) is 9.47. The summed E-state index contributed by atoms with van der Waals surface area (Å²) < 4.78 is 5.84. The lowest BCUT2D eigenvalue weighted by Gasteiger charge is -2.10. The van der Waals surface area contributed by atoms with E-state index in [-0.39, 0.29) is 5.91 Å². The molecule has 30 heavy (non-hydrogen) atoms. The lowest BCUT2D eigenvalue weighted by molar-refractivity contribution is 0.0950. The van der Waals surface area contributed by atoms with Gasteiger partial charge in [-0.25, -0.2) is 5.43 Å². The second-order valence-corrected chi connectivity index (χ2v) is 7.15. The van der Waals surface area contributed by atoms with E-state index < -0.39 is 0 Å². The van der Waals surface area contributed by atoms with E-state index in [0.717, 1.165) is 21.9 Å². The molecule has 4 nitrogen and oxygen atoms in total. The largest absolute Gasteiger partial charge is 0.488 e. The number of benzene rings is 4. The first kappa shape index (κ1) is 19.7. The van der Waals surface area contributed by atoms with Gasteiger partial charge in [-0.05, 0) is 52.2 Å². The van der Waals surface area contributed by atoms with E-state index in [1.165, 1.54) is 0 Å². The third-order valence-corrected chi connectivity index (χ3v) is 4.84. The van der Waals surface area contributed by atoms with E-state index in [0.29, 0.717) is 22.9 Å². The predicted molar refractivity (Wildman–Crippen MR) is 121 cm³/mol. The maximum Gasteiger partial charge on any atom is 0.275 e. The summed E-state index contributed by atoms with van der Waals surface area (Å²) in [6.45, 7) is 0.335. The van der Waals surface area contributed by atoms with Gasteiger partial charge in [0.15, 0.2) is 0 Å². The third-order valence-electron chi connectivity index (χ3n) is 4.59. The number of rotatable bonds is 6. The number of amides is 1. The van der Waals surface area contributed by atoms with Crippen LogP contribution in [0, 0.1) is 0 Å². The topological polar surface area (TPSA) is 50.7 Å². The highest BCUT2D eigenvalue weighted by molar-refractivity contribution is 6.30. The number of hydrazone groups is 1. The molecule has 0 radical (unpaired) electrons. The maximum absolute atomic E-state index is 12.6. The molecule has 0 saturated heterocycles. The fourth-order valence-corrected chi connectivity index (χ4v) is 3.16. The Hall–Kier alpha value is -3.63. The van der Waals surface area contributed by atoms with Gasteiger partial charge in [0.25, 0.3) is 5.91 Å². The van der Waals surface area contributed by atoms with Gasteiger partial charge in [0.2, 0.25) is 0 Å². The average Bonchev–Trinajstić information content (AvgIpc) is 2.79. The molecule has 1 N–H and O–H groups in total. The van der Waals surface area contributed by atoms with Crippen LogP contribution in [0.15, 0.2) is 96.1 Å². The molecule has 1 amide bonds. The summed E-state index contributed by atoms with van der Waals surface area (Å²) in [6, 6.07) is 28.6. The van der Waals surface area contributed by atoms with E-state index in [4.69, 9.17) is 16.3 Å². The molecule has 0 aromatic heterocycles. The molecule has 0 aliphatic rings. The van der Waals surface area contributed by atoms with Crippen molar-refractivity contribution in [2.24, 2.45) is 5.10 Å². The van der Waals surface area contributed by atoms with Gasteiger partial charge in [-0.3, -0.25) is 4.79 Å².